The summed E-state index contributed by atoms with van der Waals surface area (Å²) in [6, 6.07) is 5.37. The standard InChI is InChI=1S/C15H16Cl2IN3/c1-3-5-12-13(18)15(19-4-2)21-14(20-12)9-6-10(16)8-11(17)7-9/h6-8H,3-5H2,1-2H3,(H,19,20,21). The summed E-state index contributed by atoms with van der Waals surface area (Å²) in [4.78, 5) is 9.29. The van der Waals surface area contributed by atoms with Crippen LogP contribution in [0.4, 0.5) is 5.82 Å². The van der Waals surface area contributed by atoms with Crippen molar-refractivity contribution in [2.45, 2.75) is 26.7 Å². The van der Waals surface area contributed by atoms with Gasteiger partial charge in [-0.05, 0) is 54.1 Å². The number of nitrogens with zero attached hydrogens (tertiary/aromatic N) is 2. The number of aryl methyl sites for hydroxylation is 1. The largest absolute Gasteiger partial charge is 0.369 e. The van der Waals surface area contributed by atoms with Crippen LogP contribution in [0.25, 0.3) is 11.4 Å². The minimum Gasteiger partial charge on any atom is -0.369 e. The van der Waals surface area contributed by atoms with Crippen LogP contribution >= 0.6 is 45.8 Å². The number of benzene rings is 1. The van der Waals surface area contributed by atoms with E-state index in [1.165, 1.54) is 0 Å². The quantitative estimate of drug-likeness (QED) is 0.635. The summed E-state index contributed by atoms with van der Waals surface area (Å²) in [7, 11) is 0. The van der Waals surface area contributed by atoms with Crippen molar-refractivity contribution < 1.29 is 0 Å². The minimum absolute atomic E-state index is 0.585. The lowest BCUT2D eigenvalue weighted by Gasteiger charge is -2.12. The molecule has 0 amide bonds. The molecular weight excluding hydrogens is 420 g/mol. The number of anilines is 1. The molecule has 0 bridgehead atoms. The normalized spacial score (nSPS) is 10.7. The van der Waals surface area contributed by atoms with Crippen LogP contribution in [0.3, 0.4) is 0 Å². The van der Waals surface area contributed by atoms with E-state index in [1.807, 2.05) is 19.1 Å². The topological polar surface area (TPSA) is 37.8 Å². The van der Waals surface area contributed by atoms with E-state index in [0.29, 0.717) is 15.9 Å². The van der Waals surface area contributed by atoms with Gasteiger partial charge in [0.05, 0.1) is 9.26 Å². The first-order valence-corrected chi connectivity index (χ1v) is 8.65. The third-order valence-electron chi connectivity index (χ3n) is 2.87. The number of nitrogens with one attached hydrogen (secondary N) is 1. The molecular formula is C15H16Cl2IN3. The molecule has 0 atom stereocenters. The van der Waals surface area contributed by atoms with Crippen molar-refractivity contribution >= 4 is 51.6 Å². The van der Waals surface area contributed by atoms with Crippen LogP contribution in [-0.4, -0.2) is 16.5 Å². The average molecular weight is 436 g/mol. The van der Waals surface area contributed by atoms with Crippen LogP contribution < -0.4 is 5.32 Å². The van der Waals surface area contributed by atoms with Gasteiger partial charge in [0.1, 0.15) is 5.82 Å². The zero-order valence-electron chi connectivity index (χ0n) is 11.9. The summed E-state index contributed by atoms with van der Waals surface area (Å²) in [5.41, 5.74) is 1.88. The maximum absolute atomic E-state index is 6.08. The van der Waals surface area contributed by atoms with Gasteiger partial charge in [-0.1, -0.05) is 36.5 Å². The Kier molecular flexibility index (Phi) is 6.08. The summed E-state index contributed by atoms with van der Waals surface area (Å²) in [6.45, 7) is 5.00. The molecule has 0 aliphatic rings. The highest BCUT2D eigenvalue weighted by atomic mass is 127. The molecule has 21 heavy (non-hydrogen) atoms. The van der Waals surface area contributed by atoms with Crippen LogP contribution in [0.1, 0.15) is 26.0 Å². The highest BCUT2D eigenvalue weighted by Gasteiger charge is 2.13. The molecule has 0 unspecified atom stereocenters. The van der Waals surface area contributed by atoms with E-state index >= 15 is 0 Å². The first-order valence-electron chi connectivity index (χ1n) is 6.81. The molecule has 2 aromatic rings. The summed E-state index contributed by atoms with van der Waals surface area (Å²) >= 11 is 14.4. The van der Waals surface area contributed by atoms with Gasteiger partial charge in [-0.3, -0.25) is 0 Å². The number of aromatic nitrogens is 2. The Balaban J connectivity index is 2.56. The van der Waals surface area contributed by atoms with Crippen molar-refractivity contribution in [3.63, 3.8) is 0 Å². The van der Waals surface area contributed by atoms with E-state index in [0.717, 1.165) is 40.0 Å². The molecule has 1 aromatic heterocycles. The van der Waals surface area contributed by atoms with Gasteiger partial charge in [0.15, 0.2) is 5.82 Å². The van der Waals surface area contributed by atoms with Crippen LogP contribution in [0.15, 0.2) is 18.2 Å². The van der Waals surface area contributed by atoms with Crippen molar-refractivity contribution in [3.05, 3.63) is 37.5 Å². The summed E-state index contributed by atoms with van der Waals surface area (Å²) < 4.78 is 1.08. The van der Waals surface area contributed by atoms with Crippen LogP contribution in [0, 0.1) is 3.57 Å². The van der Waals surface area contributed by atoms with Crippen LogP contribution in [0.5, 0.6) is 0 Å². The van der Waals surface area contributed by atoms with Crippen LogP contribution in [-0.2, 0) is 6.42 Å². The first kappa shape index (κ1) is 16.8. The average Bonchev–Trinajstić information content (AvgIpc) is 2.42. The molecule has 112 valence electrons. The highest BCUT2D eigenvalue weighted by molar-refractivity contribution is 14.1. The second kappa shape index (κ2) is 7.61. The predicted molar refractivity (Wildman–Crippen MR) is 98.4 cm³/mol. The van der Waals surface area contributed by atoms with E-state index in [-0.39, 0.29) is 0 Å². The monoisotopic (exact) mass is 435 g/mol. The highest BCUT2D eigenvalue weighted by Crippen LogP contribution is 2.28. The predicted octanol–water partition coefficient (Wildman–Crippen LogP) is 5.44. The third kappa shape index (κ3) is 4.20. The van der Waals surface area contributed by atoms with Gasteiger partial charge >= 0.3 is 0 Å². The Hall–Kier alpha value is -0.590. The second-order valence-corrected chi connectivity index (χ2v) is 6.55. The van der Waals surface area contributed by atoms with Gasteiger partial charge in [0.2, 0.25) is 0 Å². The number of hydrogen-bond acceptors (Lipinski definition) is 3. The lowest BCUT2D eigenvalue weighted by molar-refractivity contribution is 0.867. The first-order chi connectivity index (χ1) is 10.0. The van der Waals surface area contributed by atoms with Gasteiger partial charge in [-0.25, -0.2) is 9.97 Å². The van der Waals surface area contributed by atoms with E-state index in [4.69, 9.17) is 23.2 Å². The molecule has 6 heteroatoms. The van der Waals surface area contributed by atoms with Gasteiger partial charge in [-0.2, -0.15) is 0 Å². The molecule has 1 heterocycles. The zero-order valence-corrected chi connectivity index (χ0v) is 15.6. The molecule has 0 saturated heterocycles. The number of halogens is 3. The van der Waals surface area contributed by atoms with E-state index in [1.54, 1.807) is 6.07 Å². The van der Waals surface area contributed by atoms with Crippen LogP contribution in [0.2, 0.25) is 10.0 Å². The molecule has 0 aliphatic carbocycles. The molecule has 1 aromatic carbocycles. The molecule has 0 saturated carbocycles. The van der Waals surface area contributed by atoms with E-state index < -0.39 is 0 Å². The minimum atomic E-state index is 0.585. The lowest BCUT2D eigenvalue weighted by atomic mass is 10.2. The second-order valence-electron chi connectivity index (χ2n) is 4.59. The lowest BCUT2D eigenvalue weighted by Crippen LogP contribution is -2.08. The Morgan fingerprint density at radius 2 is 1.76 bits per heavy atom. The fraction of sp³-hybridized carbons (Fsp3) is 0.333. The van der Waals surface area contributed by atoms with Crippen molar-refractivity contribution in [3.8, 4) is 11.4 Å². The fourth-order valence-electron chi connectivity index (χ4n) is 1.99. The molecule has 0 aliphatic heterocycles. The maximum Gasteiger partial charge on any atom is 0.161 e. The molecule has 0 fully saturated rings. The summed E-state index contributed by atoms with van der Waals surface area (Å²) in [6.07, 6.45) is 1.95. The number of hydrogen-bond donors (Lipinski definition) is 1. The van der Waals surface area contributed by atoms with Crippen molar-refractivity contribution in [1.29, 1.82) is 0 Å². The van der Waals surface area contributed by atoms with E-state index in [2.05, 4.69) is 44.8 Å². The SMILES string of the molecule is CCCc1nc(-c2cc(Cl)cc(Cl)c2)nc(NCC)c1I. The Labute approximate surface area is 148 Å². The Morgan fingerprint density at radius 3 is 2.33 bits per heavy atom. The van der Waals surface area contributed by atoms with Gasteiger partial charge in [-0.15, -0.1) is 0 Å². The third-order valence-corrected chi connectivity index (χ3v) is 4.44. The summed E-state index contributed by atoms with van der Waals surface area (Å²) in [5, 5.41) is 4.46. The maximum atomic E-state index is 6.08. The summed E-state index contributed by atoms with van der Waals surface area (Å²) in [5.74, 6) is 1.52. The molecule has 3 nitrogen and oxygen atoms in total. The zero-order chi connectivity index (χ0) is 15.4. The molecule has 2 rings (SSSR count). The van der Waals surface area contributed by atoms with Gasteiger partial charge in [0.25, 0.3) is 0 Å². The van der Waals surface area contributed by atoms with Crippen molar-refractivity contribution in [1.82, 2.24) is 9.97 Å². The number of rotatable bonds is 5. The smallest absolute Gasteiger partial charge is 0.161 e. The molecule has 0 spiro atoms. The van der Waals surface area contributed by atoms with Gasteiger partial charge in [0, 0.05) is 22.2 Å². The molecule has 0 radical (unpaired) electrons. The Bertz CT molecular complexity index is 600. The van der Waals surface area contributed by atoms with Gasteiger partial charge < -0.3 is 5.32 Å². The fourth-order valence-corrected chi connectivity index (χ4v) is 3.22. The Morgan fingerprint density at radius 1 is 1.10 bits per heavy atom. The van der Waals surface area contributed by atoms with Crippen molar-refractivity contribution in [2.75, 3.05) is 11.9 Å². The van der Waals surface area contributed by atoms with Crippen molar-refractivity contribution in [2.24, 2.45) is 0 Å². The molecule has 1 N–H and O–H groups in total. The van der Waals surface area contributed by atoms with E-state index in [9.17, 15) is 0 Å².